The number of amides is 1. The third-order valence-electron chi connectivity index (χ3n) is 4.24. The summed E-state index contributed by atoms with van der Waals surface area (Å²) in [6.07, 6.45) is 1.60. The first kappa shape index (κ1) is 16.7. The molecule has 2 aliphatic heterocycles. The number of benzene rings is 1. The summed E-state index contributed by atoms with van der Waals surface area (Å²) in [5.41, 5.74) is 0.838. The zero-order valence-corrected chi connectivity index (χ0v) is 13.9. The van der Waals surface area contributed by atoms with Crippen LogP contribution in [-0.2, 0) is 19.6 Å². The molecule has 0 aliphatic carbocycles. The van der Waals surface area contributed by atoms with Crippen molar-refractivity contribution in [3.05, 3.63) is 17.7 Å². The lowest BCUT2D eigenvalue weighted by Crippen LogP contribution is -2.48. The Bertz CT molecular complexity index is 804. The highest BCUT2D eigenvalue weighted by Gasteiger charge is 2.38. The number of hydrogen-bond acceptors (Lipinski definition) is 5. The number of anilines is 1. The second-order valence-electron chi connectivity index (χ2n) is 5.92. The Balaban J connectivity index is 2.03. The molecule has 0 spiro atoms. The number of rotatable bonds is 3. The zero-order chi connectivity index (χ0) is 17.5. The molecule has 1 saturated heterocycles. The number of nitrogens with one attached hydrogen (secondary N) is 1. The molecule has 0 bridgehead atoms. The number of carbonyl (C=O) groups is 2. The van der Waals surface area contributed by atoms with Gasteiger partial charge >= 0.3 is 5.97 Å². The third kappa shape index (κ3) is 2.84. The highest BCUT2D eigenvalue weighted by molar-refractivity contribution is 7.89. The number of piperidine rings is 1. The first-order valence-corrected chi connectivity index (χ1v) is 9.06. The first-order valence-electron chi connectivity index (χ1n) is 7.62. The fraction of sp³-hybridized carbons (Fsp3) is 0.467. The fourth-order valence-corrected chi connectivity index (χ4v) is 4.93. The summed E-state index contributed by atoms with van der Waals surface area (Å²) in [4.78, 5) is 22.8. The van der Waals surface area contributed by atoms with Crippen LogP contribution in [-0.4, -0.2) is 48.9 Å². The Kier molecular flexibility index (Phi) is 4.22. The van der Waals surface area contributed by atoms with Crippen LogP contribution in [0, 0.1) is 6.92 Å². The molecule has 8 nitrogen and oxygen atoms in total. The molecule has 1 atom stereocenters. The van der Waals surface area contributed by atoms with Crippen LogP contribution in [0.15, 0.2) is 17.0 Å². The molecule has 2 N–H and O–H groups in total. The number of hydrogen-bond donors (Lipinski definition) is 2. The largest absolute Gasteiger partial charge is 0.482 e. The standard InChI is InChI=1S/C15H18N2O6S/c1-9-6-10-12(23-8-14(18)16-10)7-13(9)24(21,22)17-5-3-2-4-11(17)15(19)20/h6-7,11H,2-5,8H2,1H3,(H,16,18)(H,19,20). The van der Waals surface area contributed by atoms with Crippen molar-refractivity contribution < 1.29 is 27.9 Å². The molecule has 2 aliphatic rings. The maximum Gasteiger partial charge on any atom is 0.322 e. The number of nitrogens with zero attached hydrogens (tertiary/aromatic N) is 1. The SMILES string of the molecule is Cc1cc2c(cc1S(=O)(=O)N1CCCCC1C(=O)O)OCC(=O)N2. The van der Waals surface area contributed by atoms with Crippen LogP contribution in [0.3, 0.4) is 0 Å². The minimum Gasteiger partial charge on any atom is -0.482 e. The minimum atomic E-state index is -3.97. The van der Waals surface area contributed by atoms with E-state index in [1.165, 1.54) is 12.1 Å². The summed E-state index contributed by atoms with van der Waals surface area (Å²) in [5.74, 6) is -1.18. The summed E-state index contributed by atoms with van der Waals surface area (Å²) in [6.45, 7) is 1.60. The van der Waals surface area contributed by atoms with E-state index in [-0.39, 0.29) is 29.7 Å². The molecule has 2 heterocycles. The lowest BCUT2D eigenvalue weighted by molar-refractivity contribution is -0.142. The van der Waals surface area contributed by atoms with Crippen LogP contribution < -0.4 is 10.1 Å². The summed E-state index contributed by atoms with van der Waals surface area (Å²) in [6, 6.07) is 1.83. The molecule has 130 valence electrons. The molecule has 1 amide bonds. The van der Waals surface area contributed by atoms with Crippen LogP contribution in [0.25, 0.3) is 0 Å². The molecule has 1 aromatic carbocycles. The Morgan fingerprint density at radius 2 is 2.12 bits per heavy atom. The van der Waals surface area contributed by atoms with Crippen LogP contribution in [0.5, 0.6) is 5.75 Å². The van der Waals surface area contributed by atoms with E-state index >= 15 is 0 Å². The number of aliphatic carboxylic acids is 1. The lowest BCUT2D eigenvalue weighted by atomic mass is 10.1. The van der Waals surface area contributed by atoms with E-state index < -0.39 is 22.0 Å². The van der Waals surface area contributed by atoms with E-state index in [0.29, 0.717) is 30.5 Å². The monoisotopic (exact) mass is 354 g/mol. The van der Waals surface area contributed by atoms with Crippen molar-refractivity contribution in [2.24, 2.45) is 0 Å². The Hall–Kier alpha value is -2.13. The van der Waals surface area contributed by atoms with Gasteiger partial charge in [0.15, 0.2) is 6.61 Å². The van der Waals surface area contributed by atoms with Gasteiger partial charge in [0.05, 0.1) is 10.6 Å². The van der Waals surface area contributed by atoms with Gasteiger partial charge in [-0.15, -0.1) is 0 Å². The van der Waals surface area contributed by atoms with Crippen molar-refractivity contribution in [3.8, 4) is 5.75 Å². The summed E-state index contributed by atoms with van der Waals surface area (Å²) >= 11 is 0. The van der Waals surface area contributed by atoms with Crippen LogP contribution in [0.4, 0.5) is 5.69 Å². The maximum atomic E-state index is 13.0. The molecule has 0 aromatic heterocycles. The lowest BCUT2D eigenvalue weighted by Gasteiger charge is -2.32. The van der Waals surface area contributed by atoms with Crippen molar-refractivity contribution in [2.45, 2.75) is 37.1 Å². The van der Waals surface area contributed by atoms with E-state index in [4.69, 9.17) is 4.74 Å². The number of fused-ring (bicyclic) bond motifs is 1. The van der Waals surface area contributed by atoms with Gasteiger partial charge < -0.3 is 15.2 Å². The van der Waals surface area contributed by atoms with Crippen molar-refractivity contribution in [1.29, 1.82) is 0 Å². The third-order valence-corrected chi connectivity index (χ3v) is 6.29. The summed E-state index contributed by atoms with van der Waals surface area (Å²) < 4.78 is 32.3. The van der Waals surface area contributed by atoms with Gasteiger partial charge in [0.25, 0.3) is 5.91 Å². The van der Waals surface area contributed by atoms with Crippen LogP contribution in [0.2, 0.25) is 0 Å². The van der Waals surface area contributed by atoms with Gasteiger partial charge in [0.2, 0.25) is 10.0 Å². The van der Waals surface area contributed by atoms with Gasteiger partial charge in [-0.05, 0) is 37.8 Å². The molecular weight excluding hydrogens is 336 g/mol. The number of ether oxygens (including phenoxy) is 1. The van der Waals surface area contributed by atoms with Crippen LogP contribution in [0.1, 0.15) is 24.8 Å². The topological polar surface area (TPSA) is 113 Å². The smallest absolute Gasteiger partial charge is 0.322 e. The van der Waals surface area contributed by atoms with Crippen molar-refractivity contribution in [2.75, 3.05) is 18.5 Å². The molecule has 9 heteroatoms. The molecule has 1 fully saturated rings. The summed E-state index contributed by atoms with van der Waals surface area (Å²) in [7, 11) is -3.97. The predicted molar refractivity (Wildman–Crippen MR) is 84.5 cm³/mol. The molecule has 3 rings (SSSR count). The van der Waals surface area contributed by atoms with Crippen molar-refractivity contribution in [1.82, 2.24) is 4.31 Å². The average Bonchev–Trinajstić information content (AvgIpc) is 2.53. The number of carbonyl (C=O) groups excluding carboxylic acids is 1. The molecule has 24 heavy (non-hydrogen) atoms. The normalized spacial score (nSPS) is 21.5. The molecule has 1 aromatic rings. The van der Waals surface area contributed by atoms with Crippen LogP contribution >= 0.6 is 0 Å². The van der Waals surface area contributed by atoms with Crippen molar-refractivity contribution >= 4 is 27.6 Å². The predicted octanol–water partition coefficient (Wildman–Crippen LogP) is 0.954. The van der Waals surface area contributed by atoms with E-state index in [9.17, 15) is 23.1 Å². The Morgan fingerprint density at radius 1 is 1.38 bits per heavy atom. The number of aryl methyl sites for hydroxylation is 1. The maximum absolute atomic E-state index is 13.0. The van der Waals surface area contributed by atoms with Gasteiger partial charge in [0.1, 0.15) is 11.8 Å². The van der Waals surface area contributed by atoms with Gasteiger partial charge in [-0.1, -0.05) is 0 Å². The second kappa shape index (κ2) is 6.06. The quantitative estimate of drug-likeness (QED) is 0.836. The highest BCUT2D eigenvalue weighted by atomic mass is 32.2. The number of sulfonamides is 1. The summed E-state index contributed by atoms with van der Waals surface area (Å²) in [5, 5.41) is 12.0. The molecule has 0 saturated carbocycles. The van der Waals surface area contributed by atoms with E-state index in [2.05, 4.69) is 5.32 Å². The Labute approximate surface area is 139 Å². The van der Waals surface area contributed by atoms with Gasteiger partial charge in [0, 0.05) is 12.6 Å². The highest BCUT2D eigenvalue weighted by Crippen LogP contribution is 2.35. The second-order valence-corrected chi connectivity index (χ2v) is 7.78. The van der Waals surface area contributed by atoms with Crippen molar-refractivity contribution in [3.63, 3.8) is 0 Å². The fourth-order valence-electron chi connectivity index (χ4n) is 3.06. The van der Waals surface area contributed by atoms with Gasteiger partial charge in [-0.2, -0.15) is 4.31 Å². The molecule has 1 unspecified atom stereocenters. The first-order chi connectivity index (χ1) is 11.3. The van der Waals surface area contributed by atoms with E-state index in [1.54, 1.807) is 6.92 Å². The van der Waals surface area contributed by atoms with E-state index in [0.717, 1.165) is 4.31 Å². The average molecular weight is 354 g/mol. The molecular formula is C15H18N2O6S. The van der Waals surface area contributed by atoms with Gasteiger partial charge in [-0.25, -0.2) is 8.42 Å². The van der Waals surface area contributed by atoms with Gasteiger partial charge in [-0.3, -0.25) is 9.59 Å². The minimum absolute atomic E-state index is 0.00514. The number of carboxylic acid groups (broad SMARTS) is 1. The van der Waals surface area contributed by atoms with E-state index in [1.807, 2.05) is 0 Å². The zero-order valence-electron chi connectivity index (χ0n) is 13.1. The molecule has 0 radical (unpaired) electrons. The number of carboxylic acids is 1. The Morgan fingerprint density at radius 3 is 2.83 bits per heavy atom.